The molecule has 1 aromatic heterocycles. The van der Waals surface area contributed by atoms with Gasteiger partial charge in [-0.1, -0.05) is 11.6 Å². The molecule has 0 bridgehead atoms. The van der Waals surface area contributed by atoms with Crippen LogP contribution in [-0.4, -0.2) is 32.5 Å². The van der Waals surface area contributed by atoms with Crippen LogP contribution < -0.4 is 5.32 Å². The molecule has 27 heavy (non-hydrogen) atoms. The van der Waals surface area contributed by atoms with Crippen molar-refractivity contribution in [3.05, 3.63) is 40.8 Å². The maximum absolute atomic E-state index is 12.0. The molecule has 1 fully saturated rings. The summed E-state index contributed by atoms with van der Waals surface area (Å²) in [6, 6.07) is 5.21. The maximum atomic E-state index is 12.0. The molecule has 8 nitrogen and oxygen atoms in total. The van der Waals surface area contributed by atoms with Gasteiger partial charge in [0.2, 0.25) is 0 Å². The third-order valence-corrected chi connectivity index (χ3v) is 5.03. The van der Waals surface area contributed by atoms with Gasteiger partial charge in [-0.25, -0.2) is 9.59 Å². The van der Waals surface area contributed by atoms with Crippen LogP contribution in [0.4, 0.5) is 5.69 Å². The van der Waals surface area contributed by atoms with Gasteiger partial charge in [0.25, 0.3) is 5.79 Å². The van der Waals surface area contributed by atoms with E-state index in [1.807, 2.05) is 18.5 Å². The minimum absolute atomic E-state index is 0.236. The Morgan fingerprint density at radius 1 is 1.22 bits per heavy atom. The molecule has 0 spiro atoms. The summed E-state index contributed by atoms with van der Waals surface area (Å²) >= 11 is 7.45. The van der Waals surface area contributed by atoms with E-state index in [0.717, 1.165) is 10.7 Å². The Morgan fingerprint density at radius 2 is 1.89 bits per heavy atom. The Bertz CT molecular complexity index is 932. The lowest BCUT2D eigenvalue weighted by Gasteiger charge is -2.29. The smallest absolute Gasteiger partial charge is 0.350 e. The molecule has 1 saturated heterocycles. The highest BCUT2D eigenvalue weighted by Gasteiger charge is 2.39. The van der Waals surface area contributed by atoms with Gasteiger partial charge < -0.3 is 19.4 Å². The zero-order valence-corrected chi connectivity index (χ0v) is 16.6. The number of anilines is 1. The molecule has 2 heterocycles. The summed E-state index contributed by atoms with van der Waals surface area (Å²) in [4.78, 5) is 24.9. The minimum Gasteiger partial charge on any atom is -0.419 e. The van der Waals surface area contributed by atoms with Gasteiger partial charge in [-0.2, -0.15) is 0 Å². The number of esters is 2. The van der Waals surface area contributed by atoms with E-state index in [9.17, 15) is 9.59 Å². The van der Waals surface area contributed by atoms with E-state index in [1.165, 1.54) is 31.8 Å². The van der Waals surface area contributed by atoms with Crippen LogP contribution in [0.15, 0.2) is 40.0 Å². The normalized spacial score (nSPS) is 16.0. The fraction of sp³-hybridized carbons (Fsp3) is 0.294. The van der Waals surface area contributed by atoms with E-state index in [1.54, 1.807) is 18.2 Å². The fourth-order valence-electron chi connectivity index (χ4n) is 2.21. The third kappa shape index (κ3) is 4.25. The topological polar surface area (TPSA) is 95.3 Å². The quantitative estimate of drug-likeness (QED) is 0.468. The molecule has 1 aliphatic heterocycles. The Hall–Kier alpha value is -2.52. The van der Waals surface area contributed by atoms with E-state index in [-0.39, 0.29) is 5.57 Å². The van der Waals surface area contributed by atoms with Crippen LogP contribution in [0.25, 0.3) is 0 Å². The van der Waals surface area contributed by atoms with Gasteiger partial charge in [0.15, 0.2) is 10.7 Å². The zero-order chi connectivity index (χ0) is 19.8. The molecule has 3 rings (SSSR count). The SMILES string of the molecule is Cc1nnc(Sc2ccc(Cl)cc2NC=C2C(=O)OC(C)(C)OC2=O)n1C. The summed E-state index contributed by atoms with van der Waals surface area (Å²) < 4.78 is 12.0. The lowest BCUT2D eigenvalue weighted by Crippen LogP contribution is -2.42. The molecular formula is C17H17ClN4O4S. The molecule has 10 heteroatoms. The van der Waals surface area contributed by atoms with Crippen molar-refractivity contribution >= 4 is 41.0 Å². The standard InChI is InChI=1S/C17H17ClN4O4S/c1-9-20-21-16(22(9)4)27-13-6-5-10(18)7-12(13)19-8-11-14(23)25-17(2,3)26-15(11)24/h5-8,19H,1-4H3. The first-order valence-electron chi connectivity index (χ1n) is 7.93. The predicted molar refractivity (Wildman–Crippen MR) is 99.3 cm³/mol. The van der Waals surface area contributed by atoms with Crippen LogP contribution in [0, 0.1) is 6.92 Å². The average molecular weight is 409 g/mol. The van der Waals surface area contributed by atoms with Crippen molar-refractivity contribution in [1.29, 1.82) is 0 Å². The second-order valence-corrected chi connectivity index (χ2v) is 7.66. The molecule has 142 valence electrons. The average Bonchev–Trinajstić information content (AvgIpc) is 2.87. The number of benzene rings is 1. The first kappa shape index (κ1) is 19.2. The molecular weight excluding hydrogens is 392 g/mol. The fourth-order valence-corrected chi connectivity index (χ4v) is 3.29. The molecule has 2 aromatic rings. The number of rotatable bonds is 4. The van der Waals surface area contributed by atoms with Crippen LogP contribution in [-0.2, 0) is 26.1 Å². The second-order valence-electron chi connectivity index (χ2n) is 6.21. The van der Waals surface area contributed by atoms with Gasteiger partial charge >= 0.3 is 11.9 Å². The van der Waals surface area contributed by atoms with Crippen LogP contribution in [0.5, 0.6) is 0 Å². The van der Waals surface area contributed by atoms with Crippen molar-refractivity contribution in [2.45, 2.75) is 36.6 Å². The Balaban J connectivity index is 1.86. The van der Waals surface area contributed by atoms with Gasteiger partial charge in [0.05, 0.1) is 5.69 Å². The van der Waals surface area contributed by atoms with Gasteiger partial charge in [-0.15, -0.1) is 10.2 Å². The first-order chi connectivity index (χ1) is 12.7. The van der Waals surface area contributed by atoms with Crippen LogP contribution in [0.2, 0.25) is 5.02 Å². The van der Waals surface area contributed by atoms with E-state index in [2.05, 4.69) is 15.5 Å². The highest BCUT2D eigenvalue weighted by molar-refractivity contribution is 7.99. The third-order valence-electron chi connectivity index (χ3n) is 3.68. The second kappa shape index (κ2) is 7.24. The molecule has 0 saturated carbocycles. The minimum atomic E-state index is -1.29. The summed E-state index contributed by atoms with van der Waals surface area (Å²) in [5, 5.41) is 12.2. The Morgan fingerprint density at radius 3 is 2.48 bits per heavy atom. The predicted octanol–water partition coefficient (Wildman–Crippen LogP) is 3.06. The van der Waals surface area contributed by atoms with Gasteiger partial charge in [-0.05, 0) is 36.9 Å². The van der Waals surface area contributed by atoms with Crippen molar-refractivity contribution in [2.75, 3.05) is 5.32 Å². The Labute approximate surface area is 164 Å². The number of aryl methyl sites for hydroxylation is 1. The van der Waals surface area contributed by atoms with Crippen LogP contribution in [0.1, 0.15) is 19.7 Å². The summed E-state index contributed by atoms with van der Waals surface area (Å²) in [6.07, 6.45) is 1.25. The summed E-state index contributed by atoms with van der Waals surface area (Å²) in [6.45, 7) is 4.83. The number of ether oxygens (including phenoxy) is 2. The van der Waals surface area contributed by atoms with E-state index < -0.39 is 17.7 Å². The van der Waals surface area contributed by atoms with Gasteiger partial charge in [0.1, 0.15) is 5.82 Å². The number of aromatic nitrogens is 3. The number of carbonyl (C=O) groups is 2. The van der Waals surface area contributed by atoms with Crippen molar-refractivity contribution in [3.63, 3.8) is 0 Å². The molecule has 0 aliphatic carbocycles. The number of hydrogen-bond donors (Lipinski definition) is 1. The molecule has 1 aliphatic rings. The van der Waals surface area contributed by atoms with Gasteiger partial charge in [-0.3, -0.25) is 0 Å². The molecule has 0 amide bonds. The zero-order valence-electron chi connectivity index (χ0n) is 15.1. The molecule has 1 aromatic carbocycles. The lowest BCUT2D eigenvalue weighted by atomic mass is 10.2. The van der Waals surface area contributed by atoms with E-state index in [4.69, 9.17) is 21.1 Å². The summed E-state index contributed by atoms with van der Waals surface area (Å²) in [5.41, 5.74) is 0.353. The number of nitrogens with zero attached hydrogens (tertiary/aromatic N) is 3. The van der Waals surface area contributed by atoms with Crippen molar-refractivity contribution in [3.8, 4) is 0 Å². The van der Waals surface area contributed by atoms with Gasteiger partial charge in [0, 0.05) is 37.0 Å². The largest absolute Gasteiger partial charge is 0.419 e. The first-order valence-corrected chi connectivity index (χ1v) is 9.12. The molecule has 0 radical (unpaired) electrons. The van der Waals surface area contributed by atoms with Crippen LogP contribution in [0.3, 0.4) is 0 Å². The maximum Gasteiger partial charge on any atom is 0.350 e. The number of nitrogens with one attached hydrogen (secondary N) is 1. The summed E-state index contributed by atoms with van der Waals surface area (Å²) in [5.74, 6) is -2.03. The number of hydrogen-bond acceptors (Lipinski definition) is 8. The van der Waals surface area contributed by atoms with Crippen molar-refractivity contribution in [1.82, 2.24) is 14.8 Å². The highest BCUT2D eigenvalue weighted by atomic mass is 35.5. The van der Waals surface area contributed by atoms with E-state index >= 15 is 0 Å². The Kier molecular flexibility index (Phi) is 5.16. The molecule has 1 N–H and O–H groups in total. The molecule has 0 atom stereocenters. The van der Waals surface area contributed by atoms with Crippen LogP contribution >= 0.6 is 23.4 Å². The summed E-state index contributed by atoms with van der Waals surface area (Å²) in [7, 11) is 1.86. The lowest BCUT2D eigenvalue weighted by molar-refractivity contribution is -0.222. The monoisotopic (exact) mass is 408 g/mol. The number of halogens is 1. The number of cyclic esters (lactones) is 2. The highest BCUT2D eigenvalue weighted by Crippen LogP contribution is 2.34. The van der Waals surface area contributed by atoms with Crippen molar-refractivity contribution < 1.29 is 19.1 Å². The molecule has 0 unspecified atom stereocenters. The van der Waals surface area contributed by atoms with Crippen molar-refractivity contribution in [2.24, 2.45) is 7.05 Å². The number of carbonyl (C=O) groups excluding carboxylic acids is 2. The van der Waals surface area contributed by atoms with E-state index in [0.29, 0.717) is 15.9 Å².